The van der Waals surface area contributed by atoms with Gasteiger partial charge in [0.15, 0.2) is 0 Å². The van der Waals surface area contributed by atoms with Crippen LogP contribution in [0.2, 0.25) is 0 Å². The number of piperidine rings is 1. The molecule has 0 saturated carbocycles. The molecule has 1 aliphatic rings. The van der Waals surface area contributed by atoms with E-state index in [0.717, 1.165) is 31.5 Å². The predicted octanol–water partition coefficient (Wildman–Crippen LogP) is 0.0130. The number of likely N-dealkylation sites (N-methyl/N-ethyl adjacent to an activating group) is 1. The fourth-order valence-corrected chi connectivity index (χ4v) is 2.62. The summed E-state index contributed by atoms with van der Waals surface area (Å²) in [5.74, 6) is -0.121. The topological polar surface area (TPSA) is 87.5 Å². The standard InChI is InChI=1S/C16H24N4O2/c1-18-14(21)11-20-9-7-13(8-10-20)19-16(22)15(17)12-5-3-2-4-6-12/h2-6,13,15H,7-11,17H2,1H3,(H,18,21)(H,19,22). The number of carbonyl (C=O) groups is 2. The number of amides is 2. The molecule has 0 aliphatic carbocycles. The van der Waals surface area contributed by atoms with Gasteiger partial charge in [-0.05, 0) is 18.4 Å². The zero-order valence-electron chi connectivity index (χ0n) is 12.9. The summed E-state index contributed by atoms with van der Waals surface area (Å²) in [5, 5.41) is 5.64. The van der Waals surface area contributed by atoms with E-state index in [-0.39, 0.29) is 17.9 Å². The van der Waals surface area contributed by atoms with Crippen LogP contribution in [-0.4, -0.2) is 49.4 Å². The predicted molar refractivity (Wildman–Crippen MR) is 85.0 cm³/mol. The van der Waals surface area contributed by atoms with E-state index in [4.69, 9.17) is 5.73 Å². The molecule has 2 amide bonds. The minimum absolute atomic E-state index is 0.0218. The largest absolute Gasteiger partial charge is 0.358 e. The van der Waals surface area contributed by atoms with Crippen LogP contribution in [-0.2, 0) is 9.59 Å². The average molecular weight is 304 g/mol. The van der Waals surface area contributed by atoms with Crippen molar-refractivity contribution in [3.63, 3.8) is 0 Å². The van der Waals surface area contributed by atoms with Crippen LogP contribution in [0.4, 0.5) is 0 Å². The maximum absolute atomic E-state index is 12.2. The van der Waals surface area contributed by atoms with E-state index < -0.39 is 6.04 Å². The van der Waals surface area contributed by atoms with Gasteiger partial charge in [0.05, 0.1) is 6.54 Å². The molecule has 1 fully saturated rings. The van der Waals surface area contributed by atoms with Crippen molar-refractivity contribution in [3.05, 3.63) is 35.9 Å². The second-order valence-corrected chi connectivity index (χ2v) is 5.62. The summed E-state index contributed by atoms with van der Waals surface area (Å²) in [4.78, 5) is 25.6. The first kappa shape index (κ1) is 16.5. The number of nitrogens with zero attached hydrogens (tertiary/aromatic N) is 1. The van der Waals surface area contributed by atoms with Crippen LogP contribution in [0.3, 0.4) is 0 Å². The van der Waals surface area contributed by atoms with Gasteiger partial charge in [0, 0.05) is 26.2 Å². The summed E-state index contributed by atoms with van der Waals surface area (Å²) >= 11 is 0. The van der Waals surface area contributed by atoms with Gasteiger partial charge in [0.25, 0.3) is 0 Å². The molecule has 6 heteroatoms. The van der Waals surface area contributed by atoms with Crippen molar-refractivity contribution in [1.82, 2.24) is 15.5 Å². The summed E-state index contributed by atoms with van der Waals surface area (Å²) in [6, 6.07) is 8.86. The highest BCUT2D eigenvalue weighted by atomic mass is 16.2. The van der Waals surface area contributed by atoms with Crippen LogP contribution in [0.15, 0.2) is 30.3 Å². The number of benzene rings is 1. The number of likely N-dealkylation sites (tertiary alicyclic amines) is 1. The fourth-order valence-electron chi connectivity index (χ4n) is 2.62. The lowest BCUT2D eigenvalue weighted by atomic mass is 10.0. The molecule has 1 unspecified atom stereocenters. The molecule has 1 aromatic carbocycles. The second-order valence-electron chi connectivity index (χ2n) is 5.62. The van der Waals surface area contributed by atoms with Crippen molar-refractivity contribution in [2.45, 2.75) is 24.9 Å². The first-order valence-electron chi connectivity index (χ1n) is 7.64. The average Bonchev–Trinajstić information content (AvgIpc) is 2.56. The smallest absolute Gasteiger partial charge is 0.241 e. The molecule has 1 aliphatic heterocycles. The summed E-state index contributed by atoms with van der Waals surface area (Å²) < 4.78 is 0. The highest BCUT2D eigenvalue weighted by molar-refractivity contribution is 5.83. The Morgan fingerprint density at radius 3 is 2.50 bits per heavy atom. The van der Waals surface area contributed by atoms with E-state index in [0.29, 0.717) is 6.54 Å². The first-order valence-corrected chi connectivity index (χ1v) is 7.64. The second kappa shape index (κ2) is 7.91. The molecule has 2 rings (SSSR count). The molecule has 0 bridgehead atoms. The van der Waals surface area contributed by atoms with Gasteiger partial charge in [0.1, 0.15) is 6.04 Å². The van der Waals surface area contributed by atoms with Crippen molar-refractivity contribution in [3.8, 4) is 0 Å². The van der Waals surface area contributed by atoms with Gasteiger partial charge in [-0.25, -0.2) is 0 Å². The minimum atomic E-state index is -0.634. The number of nitrogens with two attached hydrogens (primary N) is 1. The van der Waals surface area contributed by atoms with Crippen molar-refractivity contribution >= 4 is 11.8 Å². The SMILES string of the molecule is CNC(=O)CN1CCC(NC(=O)C(N)c2ccccc2)CC1. The van der Waals surface area contributed by atoms with Gasteiger partial charge in [0.2, 0.25) is 11.8 Å². The normalized spacial score (nSPS) is 17.7. The van der Waals surface area contributed by atoms with Gasteiger partial charge in [-0.3, -0.25) is 14.5 Å². The molecule has 120 valence electrons. The maximum atomic E-state index is 12.2. The summed E-state index contributed by atoms with van der Waals surface area (Å²) in [5.41, 5.74) is 6.81. The van der Waals surface area contributed by atoms with Crippen molar-refractivity contribution in [2.75, 3.05) is 26.7 Å². The zero-order valence-corrected chi connectivity index (χ0v) is 12.9. The molecule has 1 atom stereocenters. The molecular weight excluding hydrogens is 280 g/mol. The number of nitrogens with one attached hydrogen (secondary N) is 2. The highest BCUT2D eigenvalue weighted by Gasteiger charge is 2.24. The molecule has 6 nitrogen and oxygen atoms in total. The quantitative estimate of drug-likeness (QED) is 0.715. The third kappa shape index (κ3) is 4.54. The van der Waals surface area contributed by atoms with E-state index in [9.17, 15) is 9.59 Å². The Kier molecular flexibility index (Phi) is 5.91. The lowest BCUT2D eigenvalue weighted by Crippen LogP contribution is -2.48. The van der Waals surface area contributed by atoms with Crippen LogP contribution < -0.4 is 16.4 Å². The number of hydrogen-bond donors (Lipinski definition) is 3. The monoisotopic (exact) mass is 304 g/mol. The zero-order chi connectivity index (χ0) is 15.9. The molecule has 1 heterocycles. The van der Waals surface area contributed by atoms with E-state index in [1.807, 2.05) is 30.3 Å². The number of carbonyl (C=O) groups excluding carboxylic acids is 2. The van der Waals surface area contributed by atoms with E-state index in [1.165, 1.54) is 0 Å². The van der Waals surface area contributed by atoms with Crippen molar-refractivity contribution in [1.29, 1.82) is 0 Å². The van der Waals surface area contributed by atoms with E-state index in [2.05, 4.69) is 15.5 Å². The number of rotatable bonds is 5. The van der Waals surface area contributed by atoms with Crippen molar-refractivity contribution in [2.24, 2.45) is 5.73 Å². The Balaban J connectivity index is 1.78. The van der Waals surface area contributed by atoms with Crippen LogP contribution in [0, 0.1) is 0 Å². The van der Waals surface area contributed by atoms with Gasteiger partial charge < -0.3 is 16.4 Å². The third-order valence-corrected chi connectivity index (χ3v) is 4.02. The van der Waals surface area contributed by atoms with Crippen LogP contribution in [0.5, 0.6) is 0 Å². The van der Waals surface area contributed by atoms with Crippen molar-refractivity contribution < 1.29 is 9.59 Å². The molecule has 1 saturated heterocycles. The molecular formula is C16H24N4O2. The first-order chi connectivity index (χ1) is 10.6. The Hall–Kier alpha value is -1.92. The minimum Gasteiger partial charge on any atom is -0.358 e. The van der Waals surface area contributed by atoms with E-state index >= 15 is 0 Å². The van der Waals surface area contributed by atoms with Crippen LogP contribution in [0.1, 0.15) is 24.4 Å². The summed E-state index contributed by atoms with van der Waals surface area (Å²) in [6.07, 6.45) is 1.68. The highest BCUT2D eigenvalue weighted by Crippen LogP contribution is 2.13. The lowest BCUT2D eigenvalue weighted by molar-refractivity contribution is -0.124. The molecule has 22 heavy (non-hydrogen) atoms. The van der Waals surface area contributed by atoms with Gasteiger partial charge in [-0.2, -0.15) is 0 Å². The van der Waals surface area contributed by atoms with Gasteiger partial charge in [-0.1, -0.05) is 30.3 Å². The number of hydrogen-bond acceptors (Lipinski definition) is 4. The molecule has 1 aromatic rings. The molecule has 0 aromatic heterocycles. The third-order valence-electron chi connectivity index (χ3n) is 4.02. The van der Waals surface area contributed by atoms with Crippen LogP contribution in [0.25, 0.3) is 0 Å². The lowest BCUT2D eigenvalue weighted by Gasteiger charge is -2.32. The Morgan fingerprint density at radius 1 is 1.27 bits per heavy atom. The van der Waals surface area contributed by atoms with E-state index in [1.54, 1.807) is 7.05 Å². The molecule has 4 N–H and O–H groups in total. The van der Waals surface area contributed by atoms with Crippen LogP contribution >= 0.6 is 0 Å². The Labute approximate surface area is 131 Å². The van der Waals surface area contributed by atoms with Gasteiger partial charge in [-0.15, -0.1) is 0 Å². The maximum Gasteiger partial charge on any atom is 0.241 e. The Morgan fingerprint density at radius 2 is 1.91 bits per heavy atom. The Bertz CT molecular complexity index is 498. The molecule has 0 radical (unpaired) electrons. The van der Waals surface area contributed by atoms with Gasteiger partial charge >= 0.3 is 0 Å². The summed E-state index contributed by atoms with van der Waals surface area (Å²) in [6.45, 7) is 2.03. The summed E-state index contributed by atoms with van der Waals surface area (Å²) in [7, 11) is 1.64. The fraction of sp³-hybridized carbons (Fsp3) is 0.500. The molecule has 0 spiro atoms.